The van der Waals surface area contributed by atoms with E-state index in [1.807, 2.05) is 78.9 Å². The maximum atomic E-state index is 6.46. The minimum atomic E-state index is 0.558. The van der Waals surface area contributed by atoms with Crippen LogP contribution >= 0.6 is 0 Å². The smallest absolute Gasteiger partial charge is 0.227 e. The molecule has 0 saturated heterocycles. The largest absolute Gasteiger partial charge is 0.453 e. The van der Waals surface area contributed by atoms with Gasteiger partial charge in [-0.2, -0.15) is 0 Å². The number of rotatable bonds is 5. The van der Waals surface area contributed by atoms with E-state index in [-0.39, 0.29) is 0 Å². The van der Waals surface area contributed by atoms with E-state index in [1.54, 1.807) is 0 Å². The van der Waals surface area contributed by atoms with Crippen molar-refractivity contribution in [1.82, 2.24) is 14.5 Å². The Hall–Kier alpha value is -7.84. The third kappa shape index (κ3) is 5.15. The molecule has 4 heterocycles. The van der Waals surface area contributed by atoms with Crippen molar-refractivity contribution in [2.75, 3.05) is 9.80 Å². The molecule has 0 radical (unpaired) electrons. The lowest BCUT2D eigenvalue weighted by atomic mass is 10.1. The fraction of sp³-hybridized carbons (Fsp3) is 0.0400. The molecule has 0 bridgehead atoms. The minimum Gasteiger partial charge on any atom is -0.453 e. The van der Waals surface area contributed by atoms with Crippen molar-refractivity contribution in [2.24, 2.45) is 0 Å². The van der Waals surface area contributed by atoms with Gasteiger partial charge < -0.3 is 23.7 Å². The first-order chi connectivity index (χ1) is 28.7. The second-order valence-electron chi connectivity index (χ2n) is 14.5. The molecule has 0 fully saturated rings. The molecule has 0 saturated carbocycles. The number of para-hydroxylation sites is 8. The summed E-state index contributed by atoms with van der Waals surface area (Å²) in [5, 5.41) is 0. The van der Waals surface area contributed by atoms with Crippen molar-refractivity contribution in [1.29, 1.82) is 0 Å². The normalized spacial score (nSPS) is 14.0. The van der Waals surface area contributed by atoms with Gasteiger partial charge in [0.15, 0.2) is 28.6 Å². The second kappa shape index (κ2) is 12.9. The number of hydrogen-bond acceptors (Lipinski definition) is 7. The van der Waals surface area contributed by atoms with Crippen molar-refractivity contribution in [3.05, 3.63) is 176 Å². The highest BCUT2D eigenvalue weighted by atomic mass is 16.5. The molecule has 8 heteroatoms. The molecule has 276 valence electrons. The van der Waals surface area contributed by atoms with Crippen LogP contribution in [0.15, 0.2) is 180 Å². The van der Waals surface area contributed by atoms with Gasteiger partial charge in [-0.3, -0.25) is 4.57 Å². The highest BCUT2D eigenvalue weighted by Gasteiger charge is 2.27. The number of imidazole rings is 1. The SMILES string of the molecule is C1=CC(n2c(-c3ccc(N4c5ccccc5Oc5ccccc54)cc3)nc3cc4oc(-c5ccc(N6c7ccccc7Oc7ccccc76)cc5)nc4cc32)=CCC1. The van der Waals surface area contributed by atoms with Gasteiger partial charge in [-0.05, 0) is 122 Å². The summed E-state index contributed by atoms with van der Waals surface area (Å²) < 4.78 is 21.2. The molecule has 0 atom stereocenters. The average Bonchev–Trinajstić information content (AvgIpc) is 3.88. The number of benzene rings is 7. The van der Waals surface area contributed by atoms with Crippen LogP contribution in [0, 0.1) is 0 Å². The Balaban J connectivity index is 0.911. The van der Waals surface area contributed by atoms with Gasteiger partial charge in [0.1, 0.15) is 11.3 Å². The van der Waals surface area contributed by atoms with Gasteiger partial charge in [0.25, 0.3) is 0 Å². The zero-order valence-electron chi connectivity index (χ0n) is 31.1. The lowest BCUT2D eigenvalue weighted by Crippen LogP contribution is -2.15. The molecule has 58 heavy (non-hydrogen) atoms. The Morgan fingerprint density at radius 3 is 1.52 bits per heavy atom. The van der Waals surface area contributed by atoms with Crippen LogP contribution in [0.1, 0.15) is 12.8 Å². The van der Waals surface area contributed by atoms with Gasteiger partial charge in [0.2, 0.25) is 5.89 Å². The summed E-state index contributed by atoms with van der Waals surface area (Å²) >= 11 is 0. The van der Waals surface area contributed by atoms with Gasteiger partial charge in [0.05, 0.1) is 33.8 Å². The maximum Gasteiger partial charge on any atom is 0.227 e. The van der Waals surface area contributed by atoms with Crippen molar-refractivity contribution in [2.45, 2.75) is 12.8 Å². The van der Waals surface area contributed by atoms with E-state index in [1.165, 1.54) is 0 Å². The van der Waals surface area contributed by atoms with Gasteiger partial charge in [-0.15, -0.1) is 0 Å². The molecule has 12 rings (SSSR count). The molecule has 2 aliphatic heterocycles. The Bertz CT molecular complexity index is 3050. The molecule has 1 aliphatic carbocycles. The first kappa shape index (κ1) is 32.4. The van der Waals surface area contributed by atoms with Gasteiger partial charge >= 0.3 is 0 Å². The van der Waals surface area contributed by atoms with E-state index in [0.717, 1.165) is 109 Å². The Morgan fingerprint density at radius 2 is 1.00 bits per heavy atom. The second-order valence-corrected chi connectivity index (χ2v) is 14.5. The van der Waals surface area contributed by atoms with Gasteiger partial charge in [-0.25, -0.2) is 9.97 Å². The fourth-order valence-electron chi connectivity index (χ4n) is 8.32. The zero-order valence-corrected chi connectivity index (χ0v) is 31.1. The van der Waals surface area contributed by atoms with Crippen LogP contribution in [0.4, 0.5) is 34.1 Å². The predicted molar refractivity (Wildman–Crippen MR) is 230 cm³/mol. The number of oxazole rings is 1. The molecule has 0 spiro atoms. The van der Waals surface area contributed by atoms with Crippen molar-refractivity contribution < 1.29 is 13.9 Å². The number of nitrogens with zero attached hydrogens (tertiary/aromatic N) is 5. The van der Waals surface area contributed by atoms with E-state index in [0.29, 0.717) is 11.5 Å². The van der Waals surface area contributed by atoms with Crippen LogP contribution in [0.2, 0.25) is 0 Å². The Labute approximate surface area is 333 Å². The van der Waals surface area contributed by atoms with Crippen LogP contribution < -0.4 is 19.3 Å². The minimum absolute atomic E-state index is 0.558. The van der Waals surface area contributed by atoms with E-state index in [9.17, 15) is 0 Å². The highest BCUT2D eigenvalue weighted by molar-refractivity contribution is 5.96. The molecule has 0 N–H and O–H groups in total. The third-order valence-electron chi connectivity index (χ3n) is 11.0. The summed E-state index contributed by atoms with van der Waals surface area (Å²) in [7, 11) is 0. The van der Waals surface area contributed by atoms with Crippen molar-refractivity contribution >= 4 is 62.0 Å². The third-order valence-corrected chi connectivity index (χ3v) is 11.0. The van der Waals surface area contributed by atoms with E-state index >= 15 is 0 Å². The number of allylic oxidation sites excluding steroid dienone is 4. The van der Waals surface area contributed by atoms with Crippen LogP contribution in [-0.4, -0.2) is 14.5 Å². The number of anilines is 6. The Kier molecular flexibility index (Phi) is 7.19. The first-order valence-electron chi connectivity index (χ1n) is 19.5. The summed E-state index contributed by atoms with van der Waals surface area (Å²) in [5.74, 6) is 4.70. The summed E-state index contributed by atoms with van der Waals surface area (Å²) in [5.41, 5.74) is 12.3. The van der Waals surface area contributed by atoms with Crippen molar-refractivity contribution in [3.8, 4) is 45.8 Å². The molecular formula is C50H33N5O3. The van der Waals surface area contributed by atoms with E-state index in [4.69, 9.17) is 23.9 Å². The van der Waals surface area contributed by atoms with E-state index in [2.05, 4.69) is 111 Å². The van der Waals surface area contributed by atoms with Crippen LogP contribution in [0.3, 0.4) is 0 Å². The summed E-state index contributed by atoms with van der Waals surface area (Å²) in [6.07, 6.45) is 8.68. The molecule has 9 aromatic rings. The van der Waals surface area contributed by atoms with Crippen LogP contribution in [0.5, 0.6) is 23.0 Å². The predicted octanol–water partition coefficient (Wildman–Crippen LogP) is 13.9. The summed E-state index contributed by atoms with van der Waals surface area (Å²) in [4.78, 5) is 14.7. The molecule has 0 amide bonds. The monoisotopic (exact) mass is 751 g/mol. The summed E-state index contributed by atoms with van der Waals surface area (Å²) in [6, 6.07) is 53.6. The lowest BCUT2D eigenvalue weighted by molar-refractivity contribution is 0.477. The van der Waals surface area contributed by atoms with Gasteiger partial charge in [-0.1, -0.05) is 60.7 Å². The number of fused-ring (bicyclic) bond motifs is 6. The van der Waals surface area contributed by atoms with Crippen LogP contribution in [-0.2, 0) is 0 Å². The van der Waals surface area contributed by atoms with Gasteiger partial charge in [0, 0.05) is 34.3 Å². The maximum absolute atomic E-state index is 6.46. The number of hydrogen-bond donors (Lipinski definition) is 0. The van der Waals surface area contributed by atoms with Crippen molar-refractivity contribution in [3.63, 3.8) is 0 Å². The fourth-order valence-corrected chi connectivity index (χ4v) is 8.32. The standard InChI is InChI=1S/C50H33N5O3/c1-2-12-34(13-3-1)55-43-30-38-48(58-50(52-38)33-24-28-36(29-25-33)54-41-16-6-10-20-46(41)57-47-21-11-7-17-42(47)54)31-37(43)51-49(55)32-22-26-35(27-23-32)53-39-14-4-8-18-44(39)56-45-19-9-5-15-40(45)53/h2,4-31H,1,3H2. The topological polar surface area (TPSA) is 68.8 Å². The number of ether oxygens (including phenoxy) is 2. The first-order valence-corrected chi connectivity index (χ1v) is 19.5. The zero-order chi connectivity index (χ0) is 38.2. The lowest BCUT2D eigenvalue weighted by Gasteiger charge is -2.32. The number of aromatic nitrogens is 3. The Morgan fingerprint density at radius 1 is 0.483 bits per heavy atom. The van der Waals surface area contributed by atoms with E-state index < -0.39 is 0 Å². The summed E-state index contributed by atoms with van der Waals surface area (Å²) in [6.45, 7) is 0. The molecule has 3 aliphatic rings. The molecular weight excluding hydrogens is 719 g/mol. The molecule has 0 unspecified atom stereocenters. The molecule has 8 nitrogen and oxygen atoms in total. The molecule has 2 aromatic heterocycles. The highest BCUT2D eigenvalue weighted by Crippen LogP contribution is 2.52. The quantitative estimate of drug-likeness (QED) is 0.173. The average molecular weight is 752 g/mol. The van der Waals surface area contributed by atoms with Crippen LogP contribution in [0.25, 0.3) is 50.7 Å². The molecule has 7 aromatic carbocycles.